The Bertz CT molecular complexity index is 700. The van der Waals surface area contributed by atoms with Crippen molar-refractivity contribution in [3.63, 3.8) is 0 Å². The second kappa shape index (κ2) is 4.28. The van der Waals surface area contributed by atoms with Crippen molar-refractivity contribution in [3.05, 3.63) is 53.6 Å². The number of fused-ring (bicyclic) bond motifs is 1. The van der Waals surface area contributed by atoms with E-state index in [9.17, 15) is 8.42 Å². The zero-order valence-electron chi connectivity index (χ0n) is 9.08. The first-order valence-electron chi connectivity index (χ1n) is 5.17. The van der Waals surface area contributed by atoms with Gasteiger partial charge in [0.1, 0.15) is 0 Å². The zero-order chi connectivity index (χ0) is 12.8. The number of anilines is 1. The molecule has 92 valence electrons. The molecule has 0 saturated carbocycles. The molecule has 0 radical (unpaired) electrons. The molecular weight excluding hydrogens is 337 g/mol. The molecule has 0 amide bonds. The minimum atomic E-state index is -3.39. The first-order chi connectivity index (χ1) is 8.59. The normalized spacial score (nSPS) is 16.6. The van der Waals surface area contributed by atoms with Gasteiger partial charge in [-0.25, -0.2) is 0 Å². The average Bonchev–Trinajstić information content (AvgIpc) is 2.63. The molecule has 1 heterocycles. The van der Waals surface area contributed by atoms with Crippen molar-refractivity contribution in [1.82, 2.24) is 0 Å². The monoisotopic (exact) mass is 345 g/mol. The van der Waals surface area contributed by atoms with Gasteiger partial charge in [0.2, 0.25) is 0 Å². The van der Waals surface area contributed by atoms with Gasteiger partial charge in [0.05, 0.1) is 0 Å². The van der Waals surface area contributed by atoms with E-state index < -0.39 is 10.0 Å². The third-order valence-electron chi connectivity index (χ3n) is 2.56. The second-order valence-corrected chi connectivity index (χ2v) is 8.53. The number of hydrogen-bond donors (Lipinski definition) is 0. The van der Waals surface area contributed by atoms with E-state index in [0.29, 0.717) is 15.6 Å². The van der Waals surface area contributed by atoms with Crippen LogP contribution in [0.5, 0.6) is 0 Å². The van der Waals surface area contributed by atoms with Crippen molar-refractivity contribution in [3.8, 4) is 0 Å². The van der Waals surface area contributed by atoms with Crippen LogP contribution in [-0.2, 0) is 10.0 Å². The van der Waals surface area contributed by atoms with Crippen molar-refractivity contribution in [1.29, 1.82) is 0 Å². The molecule has 0 atom stereocenters. The fourth-order valence-electron chi connectivity index (χ4n) is 1.72. The van der Waals surface area contributed by atoms with Crippen LogP contribution < -0.4 is 7.78 Å². The quantitative estimate of drug-likeness (QED) is 0.740. The Morgan fingerprint density at radius 3 is 2.33 bits per heavy atom. The van der Waals surface area contributed by atoms with E-state index in [1.54, 1.807) is 36.4 Å². The van der Waals surface area contributed by atoms with Crippen LogP contribution in [0.3, 0.4) is 0 Å². The van der Waals surface area contributed by atoms with Crippen LogP contribution in [0.4, 0.5) is 5.69 Å². The van der Waals surface area contributed by atoms with Crippen LogP contribution in [-0.4, -0.2) is 23.6 Å². The molecule has 0 bridgehead atoms. The first kappa shape index (κ1) is 12.1. The van der Waals surface area contributed by atoms with Gasteiger partial charge in [0.15, 0.2) is 0 Å². The van der Waals surface area contributed by atoms with Crippen molar-refractivity contribution >= 4 is 46.9 Å². The summed E-state index contributed by atoms with van der Waals surface area (Å²) in [6, 6.07) is 14.0. The van der Waals surface area contributed by atoms with Crippen molar-refractivity contribution in [2.45, 2.75) is 4.90 Å². The molecule has 0 aromatic heterocycles. The molecule has 0 fully saturated rings. The Kier molecular flexibility index (Phi) is 2.87. The van der Waals surface area contributed by atoms with E-state index in [0.717, 1.165) is 4.46 Å². The maximum atomic E-state index is 12.4. The van der Waals surface area contributed by atoms with Gasteiger partial charge in [-0.3, -0.25) is 0 Å². The molecule has 2 aromatic rings. The fourth-order valence-corrected chi connectivity index (χ4v) is 6.97. The van der Waals surface area contributed by atoms with Gasteiger partial charge in [0.25, 0.3) is 0 Å². The predicted molar refractivity (Wildman–Crippen MR) is 72.9 cm³/mol. The first-order valence-corrected chi connectivity index (χ1v) is 8.61. The van der Waals surface area contributed by atoms with Crippen molar-refractivity contribution in [2.75, 3.05) is 3.32 Å². The Morgan fingerprint density at radius 1 is 1.00 bits per heavy atom. The van der Waals surface area contributed by atoms with E-state index in [4.69, 9.17) is 11.6 Å². The summed E-state index contributed by atoms with van der Waals surface area (Å²) >= 11 is 5.57. The summed E-state index contributed by atoms with van der Waals surface area (Å²) in [5.74, 6) is 0. The molecule has 0 unspecified atom stereocenters. The summed E-state index contributed by atoms with van der Waals surface area (Å²) in [5.41, 5.74) is 0.663. The third-order valence-corrected chi connectivity index (χ3v) is 8.24. The summed E-state index contributed by atoms with van der Waals surface area (Å²) in [4.78, 5) is 0.417. The van der Waals surface area contributed by atoms with Crippen molar-refractivity contribution < 1.29 is 8.42 Å². The molecule has 3 nitrogen and oxygen atoms in total. The third kappa shape index (κ3) is 1.84. The summed E-state index contributed by atoms with van der Waals surface area (Å²) in [7, 11) is -3.39. The summed E-state index contributed by atoms with van der Waals surface area (Å²) < 4.78 is 27.1. The van der Waals surface area contributed by atoms with Crippen LogP contribution in [0.2, 0.25) is 5.02 Å². The molecule has 1 aliphatic heterocycles. The van der Waals surface area contributed by atoms with Crippen LogP contribution in [0, 0.1) is 0 Å². The number of nitrogens with zero attached hydrogens (tertiary/aromatic N) is 1. The van der Waals surface area contributed by atoms with Gasteiger partial charge in [-0.05, 0) is 0 Å². The molecule has 6 heteroatoms. The van der Waals surface area contributed by atoms with E-state index in [2.05, 4.69) is 0 Å². The molecule has 0 spiro atoms. The van der Waals surface area contributed by atoms with Crippen LogP contribution in [0.25, 0.3) is 0 Å². The maximum absolute atomic E-state index is 12.4. The van der Waals surface area contributed by atoms with E-state index in [1.165, 1.54) is 3.32 Å². The molecule has 0 aliphatic carbocycles. The molecular formula is C12H8ClNO2SSe. The fraction of sp³-hybridized carbons (Fsp3) is 0. The minimum absolute atomic E-state index is 0.247. The summed E-state index contributed by atoms with van der Waals surface area (Å²) in [6.07, 6.45) is 0. The topological polar surface area (TPSA) is 37.4 Å². The molecule has 0 saturated heterocycles. The number of rotatable bonds is 1. The number of sulfonamides is 1. The van der Waals surface area contributed by atoms with Crippen molar-refractivity contribution in [2.24, 2.45) is 0 Å². The molecule has 1 aliphatic rings. The molecule has 2 aromatic carbocycles. The second-order valence-electron chi connectivity index (χ2n) is 3.75. The molecule has 3 rings (SSSR count). The SMILES string of the molecule is O=S1(=O)c2ccccc2[Se]N1c1ccc(Cl)cc1. The standard InChI is InChI=1S/C12H8ClNO2SSe/c13-9-5-7-10(8-6-9)14-17(15,16)11-3-1-2-4-12(11)18-14/h1-8H. The van der Waals surface area contributed by atoms with Gasteiger partial charge >= 0.3 is 117 Å². The summed E-state index contributed by atoms with van der Waals surface area (Å²) in [5, 5.41) is 0.598. The Labute approximate surface area is 117 Å². The molecule has 18 heavy (non-hydrogen) atoms. The predicted octanol–water partition coefficient (Wildman–Crippen LogP) is 1.79. The number of benzene rings is 2. The van der Waals surface area contributed by atoms with E-state index >= 15 is 0 Å². The van der Waals surface area contributed by atoms with Gasteiger partial charge in [-0.1, -0.05) is 0 Å². The number of halogens is 1. The molecule has 0 N–H and O–H groups in total. The number of hydrogen-bond acceptors (Lipinski definition) is 2. The van der Waals surface area contributed by atoms with Gasteiger partial charge < -0.3 is 0 Å². The van der Waals surface area contributed by atoms with Crippen LogP contribution >= 0.6 is 11.6 Å². The Balaban J connectivity index is 2.10. The van der Waals surface area contributed by atoms with Gasteiger partial charge in [-0.2, -0.15) is 0 Å². The van der Waals surface area contributed by atoms with Gasteiger partial charge in [-0.15, -0.1) is 0 Å². The van der Waals surface area contributed by atoms with Crippen LogP contribution in [0.1, 0.15) is 0 Å². The average molecular weight is 345 g/mol. The Hall–Kier alpha value is -1.00. The van der Waals surface area contributed by atoms with Crippen LogP contribution in [0.15, 0.2) is 53.4 Å². The van der Waals surface area contributed by atoms with E-state index in [-0.39, 0.29) is 15.2 Å². The van der Waals surface area contributed by atoms with E-state index in [1.807, 2.05) is 12.1 Å². The summed E-state index contributed by atoms with van der Waals surface area (Å²) in [6.45, 7) is 0. The Morgan fingerprint density at radius 2 is 1.67 bits per heavy atom. The van der Waals surface area contributed by atoms with Gasteiger partial charge in [0, 0.05) is 0 Å². The zero-order valence-corrected chi connectivity index (χ0v) is 12.4.